The summed E-state index contributed by atoms with van der Waals surface area (Å²) in [5.41, 5.74) is 1.22. The van der Waals surface area contributed by atoms with Gasteiger partial charge in [0.15, 0.2) is 0 Å². The molecule has 1 aromatic carbocycles. The van der Waals surface area contributed by atoms with E-state index in [4.69, 9.17) is 4.74 Å². The van der Waals surface area contributed by atoms with Crippen LogP contribution in [0.25, 0.3) is 0 Å². The number of hydrogen-bond donors (Lipinski definition) is 1. The predicted octanol–water partition coefficient (Wildman–Crippen LogP) is 3.32. The molecule has 0 saturated heterocycles. The van der Waals surface area contributed by atoms with E-state index >= 15 is 0 Å². The van der Waals surface area contributed by atoms with E-state index in [0.29, 0.717) is 18.1 Å². The average molecular weight is 275 g/mol. The number of methoxy groups -OCH3 is 1. The van der Waals surface area contributed by atoms with E-state index < -0.39 is 0 Å². The fraction of sp³-hybridized carbons (Fsp3) is 0.588. The number of carbonyl (C=O) groups is 1. The van der Waals surface area contributed by atoms with E-state index in [0.717, 1.165) is 31.7 Å². The van der Waals surface area contributed by atoms with Gasteiger partial charge < -0.3 is 10.1 Å². The van der Waals surface area contributed by atoms with E-state index in [1.54, 1.807) is 7.11 Å². The minimum atomic E-state index is 0.339. The fourth-order valence-corrected chi connectivity index (χ4v) is 2.82. The smallest absolute Gasteiger partial charge is 0.137 e. The highest BCUT2D eigenvalue weighted by Crippen LogP contribution is 2.25. The molecule has 0 unspecified atom stereocenters. The van der Waals surface area contributed by atoms with E-state index in [2.05, 4.69) is 17.4 Å². The largest absolute Gasteiger partial charge is 0.497 e. The standard InChI is InChI=1S/C17H25NO2/c1-20-16-9-7-14(8-10-16)13-18-12-11-17(19)15-5-3-2-4-6-15/h7-10,15,18H,2-6,11-13H2,1H3. The Hall–Kier alpha value is -1.35. The Morgan fingerprint density at radius 1 is 1.20 bits per heavy atom. The fourth-order valence-electron chi connectivity index (χ4n) is 2.82. The second kappa shape index (κ2) is 8.05. The number of carbonyl (C=O) groups excluding carboxylic acids is 1. The van der Waals surface area contributed by atoms with Crippen molar-refractivity contribution in [2.75, 3.05) is 13.7 Å². The van der Waals surface area contributed by atoms with Gasteiger partial charge in [0.25, 0.3) is 0 Å². The molecule has 1 fully saturated rings. The van der Waals surface area contributed by atoms with Crippen molar-refractivity contribution in [3.05, 3.63) is 29.8 Å². The van der Waals surface area contributed by atoms with Gasteiger partial charge in [-0.1, -0.05) is 31.4 Å². The normalized spacial score (nSPS) is 16.1. The van der Waals surface area contributed by atoms with Crippen LogP contribution in [0.1, 0.15) is 44.1 Å². The zero-order valence-electron chi connectivity index (χ0n) is 12.4. The molecule has 0 heterocycles. The highest BCUT2D eigenvalue weighted by atomic mass is 16.5. The average Bonchev–Trinajstić information content (AvgIpc) is 2.53. The Balaban J connectivity index is 1.64. The van der Waals surface area contributed by atoms with E-state index in [9.17, 15) is 4.79 Å². The van der Waals surface area contributed by atoms with Gasteiger partial charge in [0.05, 0.1) is 7.11 Å². The first kappa shape index (κ1) is 15.0. The Kier molecular flexibility index (Phi) is 6.06. The summed E-state index contributed by atoms with van der Waals surface area (Å²) in [6.45, 7) is 1.59. The lowest BCUT2D eigenvalue weighted by molar-refractivity contribution is -0.123. The molecule has 0 atom stereocenters. The molecule has 3 nitrogen and oxygen atoms in total. The Labute approximate surface area is 121 Å². The monoisotopic (exact) mass is 275 g/mol. The molecule has 110 valence electrons. The first-order valence-electron chi connectivity index (χ1n) is 7.66. The maximum Gasteiger partial charge on any atom is 0.137 e. The zero-order valence-corrected chi connectivity index (χ0v) is 12.4. The van der Waals surface area contributed by atoms with Crippen LogP contribution in [0.5, 0.6) is 5.75 Å². The van der Waals surface area contributed by atoms with Crippen LogP contribution in [0.2, 0.25) is 0 Å². The summed E-state index contributed by atoms with van der Waals surface area (Å²) >= 11 is 0. The van der Waals surface area contributed by atoms with Crippen LogP contribution < -0.4 is 10.1 Å². The lowest BCUT2D eigenvalue weighted by atomic mass is 9.85. The van der Waals surface area contributed by atoms with Crippen LogP contribution in [-0.2, 0) is 11.3 Å². The molecule has 0 spiro atoms. The molecule has 0 aromatic heterocycles. The number of ketones is 1. The van der Waals surface area contributed by atoms with Gasteiger partial charge in [-0.25, -0.2) is 0 Å². The highest BCUT2D eigenvalue weighted by Gasteiger charge is 2.20. The van der Waals surface area contributed by atoms with Crippen molar-refractivity contribution in [2.24, 2.45) is 5.92 Å². The van der Waals surface area contributed by atoms with Crippen LogP contribution in [0.15, 0.2) is 24.3 Å². The molecule has 1 aromatic rings. The molecule has 0 radical (unpaired) electrons. The second-order valence-corrected chi connectivity index (χ2v) is 5.58. The van der Waals surface area contributed by atoms with Crippen LogP contribution in [0.3, 0.4) is 0 Å². The van der Waals surface area contributed by atoms with Gasteiger partial charge in [-0.3, -0.25) is 4.79 Å². The Morgan fingerprint density at radius 2 is 1.90 bits per heavy atom. The molecule has 0 bridgehead atoms. The molecule has 0 aliphatic heterocycles. The predicted molar refractivity (Wildman–Crippen MR) is 80.9 cm³/mol. The molecular weight excluding hydrogens is 250 g/mol. The molecule has 1 saturated carbocycles. The maximum atomic E-state index is 12.0. The molecule has 1 N–H and O–H groups in total. The van der Waals surface area contributed by atoms with Gasteiger partial charge >= 0.3 is 0 Å². The summed E-state index contributed by atoms with van der Waals surface area (Å²) < 4.78 is 5.13. The summed E-state index contributed by atoms with van der Waals surface area (Å²) in [5.74, 6) is 1.67. The third-order valence-electron chi connectivity index (χ3n) is 4.10. The van der Waals surface area contributed by atoms with Gasteiger partial charge in [-0.2, -0.15) is 0 Å². The zero-order chi connectivity index (χ0) is 14.2. The van der Waals surface area contributed by atoms with Crippen molar-refractivity contribution >= 4 is 5.78 Å². The molecule has 20 heavy (non-hydrogen) atoms. The minimum absolute atomic E-state index is 0.339. The summed E-state index contributed by atoms with van der Waals surface area (Å²) in [7, 11) is 1.67. The van der Waals surface area contributed by atoms with Crippen LogP contribution >= 0.6 is 0 Å². The van der Waals surface area contributed by atoms with Gasteiger partial charge in [0.2, 0.25) is 0 Å². The van der Waals surface area contributed by atoms with Crippen molar-refractivity contribution < 1.29 is 9.53 Å². The first-order valence-corrected chi connectivity index (χ1v) is 7.66. The third kappa shape index (κ3) is 4.64. The first-order chi connectivity index (χ1) is 9.79. The van der Waals surface area contributed by atoms with Crippen LogP contribution in [-0.4, -0.2) is 19.4 Å². The van der Waals surface area contributed by atoms with Crippen LogP contribution in [0, 0.1) is 5.92 Å². The van der Waals surface area contributed by atoms with E-state index in [-0.39, 0.29) is 0 Å². The number of ether oxygens (including phenoxy) is 1. The van der Waals surface area contributed by atoms with Gasteiger partial charge in [-0.05, 0) is 30.5 Å². The number of benzene rings is 1. The molecule has 2 rings (SSSR count). The third-order valence-corrected chi connectivity index (χ3v) is 4.10. The molecule has 3 heteroatoms. The number of Topliss-reactive ketones (excluding diaryl/α,β-unsaturated/α-hetero) is 1. The van der Waals surface area contributed by atoms with E-state index in [1.165, 1.54) is 24.8 Å². The van der Waals surface area contributed by atoms with Crippen molar-refractivity contribution in [2.45, 2.75) is 45.1 Å². The van der Waals surface area contributed by atoms with E-state index in [1.807, 2.05) is 12.1 Å². The maximum absolute atomic E-state index is 12.0. The van der Waals surface area contributed by atoms with Crippen molar-refractivity contribution in [1.29, 1.82) is 0 Å². The lowest BCUT2D eigenvalue weighted by Gasteiger charge is -2.20. The summed E-state index contributed by atoms with van der Waals surface area (Å²) in [5, 5.41) is 3.35. The molecule has 0 amide bonds. The van der Waals surface area contributed by atoms with Gasteiger partial charge in [0, 0.05) is 25.4 Å². The van der Waals surface area contributed by atoms with Crippen LogP contribution in [0.4, 0.5) is 0 Å². The van der Waals surface area contributed by atoms with Gasteiger partial charge in [0.1, 0.15) is 11.5 Å². The lowest BCUT2D eigenvalue weighted by Crippen LogP contribution is -2.23. The van der Waals surface area contributed by atoms with Crippen molar-refractivity contribution in [1.82, 2.24) is 5.32 Å². The SMILES string of the molecule is COc1ccc(CNCCC(=O)C2CCCCC2)cc1. The minimum Gasteiger partial charge on any atom is -0.497 e. The quantitative estimate of drug-likeness (QED) is 0.776. The summed E-state index contributed by atoms with van der Waals surface area (Å²) in [6, 6.07) is 8.03. The molecule has 1 aliphatic carbocycles. The Bertz CT molecular complexity index is 408. The molecule has 1 aliphatic rings. The molecular formula is C17H25NO2. The number of hydrogen-bond acceptors (Lipinski definition) is 3. The Morgan fingerprint density at radius 3 is 2.55 bits per heavy atom. The summed E-state index contributed by atoms with van der Waals surface area (Å²) in [4.78, 5) is 12.0. The summed E-state index contributed by atoms with van der Waals surface area (Å²) in [6.07, 6.45) is 6.65. The van der Waals surface area contributed by atoms with Gasteiger partial charge in [-0.15, -0.1) is 0 Å². The highest BCUT2D eigenvalue weighted by molar-refractivity contribution is 5.81. The number of nitrogens with one attached hydrogen (secondary N) is 1. The topological polar surface area (TPSA) is 38.3 Å². The number of rotatable bonds is 7. The van der Waals surface area contributed by atoms with Crippen molar-refractivity contribution in [3.8, 4) is 5.75 Å². The van der Waals surface area contributed by atoms with Crippen molar-refractivity contribution in [3.63, 3.8) is 0 Å². The second-order valence-electron chi connectivity index (χ2n) is 5.58.